The first-order valence-corrected chi connectivity index (χ1v) is 4.53. The molecule has 0 aromatic heterocycles. The predicted molar refractivity (Wildman–Crippen MR) is 56.8 cm³/mol. The molecule has 4 nitrogen and oxygen atoms in total. The van der Waals surface area contributed by atoms with Gasteiger partial charge < -0.3 is 16.4 Å². The van der Waals surface area contributed by atoms with Crippen LogP contribution in [0.25, 0.3) is 0 Å². The second-order valence-electron chi connectivity index (χ2n) is 3.34. The molecule has 1 rings (SSSR count). The van der Waals surface area contributed by atoms with E-state index in [0.717, 1.165) is 0 Å². The van der Waals surface area contributed by atoms with Crippen molar-refractivity contribution in [2.24, 2.45) is 11.5 Å². The molecular formula is C10H14FN3O. The number of carbonyl (C=O) groups is 1. The van der Waals surface area contributed by atoms with Crippen LogP contribution in [0, 0.1) is 5.82 Å². The number of nitrogens with zero attached hydrogens (tertiary/aromatic N) is 1. The zero-order valence-corrected chi connectivity index (χ0v) is 8.48. The van der Waals surface area contributed by atoms with Crippen molar-refractivity contribution in [1.29, 1.82) is 0 Å². The molecule has 0 fully saturated rings. The molecule has 5 heteroatoms. The van der Waals surface area contributed by atoms with Gasteiger partial charge in [0.15, 0.2) is 0 Å². The molecule has 15 heavy (non-hydrogen) atoms. The molecule has 0 saturated heterocycles. The second-order valence-corrected chi connectivity index (χ2v) is 3.34. The van der Waals surface area contributed by atoms with Crippen molar-refractivity contribution in [3.05, 3.63) is 30.1 Å². The van der Waals surface area contributed by atoms with Gasteiger partial charge in [0.1, 0.15) is 11.9 Å². The van der Waals surface area contributed by atoms with E-state index < -0.39 is 11.9 Å². The van der Waals surface area contributed by atoms with Crippen LogP contribution < -0.4 is 16.4 Å². The molecule has 0 aliphatic rings. The van der Waals surface area contributed by atoms with E-state index in [1.165, 1.54) is 6.07 Å². The molecule has 1 aromatic rings. The summed E-state index contributed by atoms with van der Waals surface area (Å²) in [5.41, 5.74) is 10.9. The van der Waals surface area contributed by atoms with Gasteiger partial charge in [0.2, 0.25) is 5.91 Å². The first-order chi connectivity index (χ1) is 7.02. The van der Waals surface area contributed by atoms with Crippen molar-refractivity contribution in [1.82, 2.24) is 0 Å². The Kier molecular flexibility index (Phi) is 3.62. The molecule has 0 saturated carbocycles. The lowest BCUT2D eigenvalue weighted by atomic mass is 10.2. The molecule has 4 N–H and O–H groups in total. The minimum atomic E-state index is -0.797. The first kappa shape index (κ1) is 11.5. The molecule has 1 amide bonds. The quantitative estimate of drug-likeness (QED) is 0.740. The van der Waals surface area contributed by atoms with Gasteiger partial charge in [-0.15, -0.1) is 0 Å². The summed E-state index contributed by atoms with van der Waals surface area (Å²) in [4.78, 5) is 12.3. The van der Waals surface area contributed by atoms with Gasteiger partial charge in [-0.25, -0.2) is 4.39 Å². The number of amides is 1. The van der Waals surface area contributed by atoms with Gasteiger partial charge in [0.05, 0.1) is 5.69 Å². The van der Waals surface area contributed by atoms with Crippen LogP contribution in [0.3, 0.4) is 0 Å². The second kappa shape index (κ2) is 4.75. The number of nitrogens with two attached hydrogens (primary N) is 2. The fourth-order valence-corrected chi connectivity index (χ4v) is 1.24. The summed E-state index contributed by atoms with van der Waals surface area (Å²) < 4.78 is 13.3. The predicted octanol–water partition coefficient (Wildman–Crippen LogP) is 0.0745. The summed E-state index contributed by atoms with van der Waals surface area (Å²) in [6.07, 6.45) is 0. The number of anilines is 1. The van der Waals surface area contributed by atoms with E-state index in [0.29, 0.717) is 5.69 Å². The number of para-hydroxylation sites is 1. The topological polar surface area (TPSA) is 72.3 Å². The Bertz CT molecular complexity index is 356. The van der Waals surface area contributed by atoms with E-state index in [4.69, 9.17) is 11.5 Å². The maximum absolute atomic E-state index is 13.3. The Labute approximate surface area is 87.7 Å². The average molecular weight is 211 g/mol. The highest BCUT2D eigenvalue weighted by molar-refractivity contribution is 5.80. The fourth-order valence-electron chi connectivity index (χ4n) is 1.24. The summed E-state index contributed by atoms with van der Waals surface area (Å²) in [5.74, 6) is -0.949. The molecule has 0 radical (unpaired) electrons. The smallest absolute Gasteiger partial charge is 0.236 e. The number of hydrogen-bond acceptors (Lipinski definition) is 3. The maximum atomic E-state index is 13.3. The van der Waals surface area contributed by atoms with Gasteiger partial charge in [-0.1, -0.05) is 12.1 Å². The van der Waals surface area contributed by atoms with Crippen molar-refractivity contribution in [2.45, 2.75) is 6.04 Å². The van der Waals surface area contributed by atoms with Crippen LogP contribution in [0.4, 0.5) is 10.1 Å². The molecule has 82 valence electrons. The third-order valence-electron chi connectivity index (χ3n) is 2.10. The lowest BCUT2D eigenvalue weighted by Gasteiger charge is -2.22. The normalized spacial score (nSPS) is 12.2. The van der Waals surface area contributed by atoms with Crippen LogP contribution in [0.2, 0.25) is 0 Å². The van der Waals surface area contributed by atoms with Crippen molar-refractivity contribution in [2.75, 3.05) is 18.5 Å². The summed E-state index contributed by atoms with van der Waals surface area (Å²) in [6.45, 7) is 0.191. The van der Waals surface area contributed by atoms with E-state index in [-0.39, 0.29) is 12.4 Å². The van der Waals surface area contributed by atoms with Gasteiger partial charge in [-0.2, -0.15) is 0 Å². The van der Waals surface area contributed by atoms with Crippen LogP contribution >= 0.6 is 0 Å². The Balaban J connectivity index is 2.73. The number of rotatable bonds is 4. The largest absolute Gasteiger partial charge is 0.370 e. The van der Waals surface area contributed by atoms with Crippen LogP contribution in [-0.2, 0) is 4.79 Å². The molecule has 0 aliphatic carbocycles. The molecule has 0 aliphatic heterocycles. The van der Waals surface area contributed by atoms with E-state index in [1.807, 2.05) is 0 Å². The minimum Gasteiger partial charge on any atom is -0.370 e. The van der Waals surface area contributed by atoms with E-state index in [2.05, 4.69) is 0 Å². The van der Waals surface area contributed by atoms with Gasteiger partial charge >= 0.3 is 0 Å². The van der Waals surface area contributed by atoms with Gasteiger partial charge in [0, 0.05) is 13.6 Å². The Morgan fingerprint density at radius 1 is 1.53 bits per heavy atom. The third kappa shape index (κ3) is 2.92. The molecule has 1 unspecified atom stereocenters. The molecule has 0 heterocycles. The number of hydrogen-bond donors (Lipinski definition) is 2. The summed E-state index contributed by atoms with van der Waals surface area (Å²) >= 11 is 0. The fraction of sp³-hybridized carbons (Fsp3) is 0.300. The average Bonchev–Trinajstić information content (AvgIpc) is 2.18. The molecule has 1 atom stereocenters. The van der Waals surface area contributed by atoms with Crippen LogP contribution in [0.15, 0.2) is 24.3 Å². The van der Waals surface area contributed by atoms with Crippen LogP contribution in [0.5, 0.6) is 0 Å². The Hall–Kier alpha value is -1.62. The minimum absolute atomic E-state index is 0.191. The van der Waals surface area contributed by atoms with Crippen molar-refractivity contribution >= 4 is 11.6 Å². The highest BCUT2D eigenvalue weighted by Gasteiger charge is 2.14. The lowest BCUT2D eigenvalue weighted by Crippen LogP contribution is -2.45. The summed E-state index contributed by atoms with van der Waals surface area (Å²) in [6, 6.07) is 5.48. The summed E-state index contributed by atoms with van der Waals surface area (Å²) in [7, 11) is 1.65. The Morgan fingerprint density at radius 2 is 2.13 bits per heavy atom. The Morgan fingerprint density at radius 3 is 2.67 bits per heavy atom. The monoisotopic (exact) mass is 211 g/mol. The number of primary amides is 1. The van der Waals surface area contributed by atoms with Crippen molar-refractivity contribution in [3.63, 3.8) is 0 Å². The highest BCUT2D eigenvalue weighted by atomic mass is 19.1. The number of halogens is 1. The van der Waals surface area contributed by atoms with Gasteiger partial charge in [-0.3, -0.25) is 4.79 Å². The standard InChI is InChI=1S/C10H14FN3O/c1-14(6-8(12)10(13)15)9-5-3-2-4-7(9)11/h2-5,8H,6,12H2,1H3,(H2,13,15). The van der Waals surface area contributed by atoms with Crippen molar-refractivity contribution in [3.8, 4) is 0 Å². The SMILES string of the molecule is CN(CC(N)C(N)=O)c1ccccc1F. The summed E-state index contributed by atoms with van der Waals surface area (Å²) in [5, 5.41) is 0. The van der Waals surface area contributed by atoms with Crippen LogP contribution in [0.1, 0.15) is 0 Å². The molecule has 0 spiro atoms. The number of benzene rings is 1. The number of carbonyl (C=O) groups excluding carboxylic acids is 1. The van der Waals surface area contributed by atoms with E-state index in [1.54, 1.807) is 30.1 Å². The highest BCUT2D eigenvalue weighted by Crippen LogP contribution is 2.16. The lowest BCUT2D eigenvalue weighted by molar-refractivity contribution is -0.119. The van der Waals surface area contributed by atoms with E-state index >= 15 is 0 Å². The molecule has 1 aromatic carbocycles. The third-order valence-corrected chi connectivity index (χ3v) is 2.10. The number of likely N-dealkylation sites (N-methyl/N-ethyl adjacent to an activating group) is 1. The molecular weight excluding hydrogens is 197 g/mol. The van der Waals surface area contributed by atoms with Crippen LogP contribution in [-0.4, -0.2) is 25.5 Å². The zero-order chi connectivity index (χ0) is 11.4. The zero-order valence-electron chi connectivity index (χ0n) is 8.48. The van der Waals surface area contributed by atoms with Gasteiger partial charge in [0.25, 0.3) is 0 Å². The first-order valence-electron chi connectivity index (χ1n) is 4.53. The van der Waals surface area contributed by atoms with E-state index in [9.17, 15) is 9.18 Å². The van der Waals surface area contributed by atoms with Gasteiger partial charge in [-0.05, 0) is 12.1 Å². The molecule has 0 bridgehead atoms. The maximum Gasteiger partial charge on any atom is 0.236 e. The van der Waals surface area contributed by atoms with Crippen molar-refractivity contribution < 1.29 is 9.18 Å².